The summed E-state index contributed by atoms with van der Waals surface area (Å²) < 4.78 is 7.12. The van der Waals surface area contributed by atoms with E-state index in [9.17, 15) is 14.7 Å². The first-order valence-electron chi connectivity index (χ1n) is 13.9. The summed E-state index contributed by atoms with van der Waals surface area (Å²) in [5, 5.41) is 13.0. The molecule has 0 aliphatic carbocycles. The number of amides is 1. The molecule has 0 fully saturated rings. The number of nitrogens with zero attached hydrogens (tertiary/aromatic N) is 2. The first-order valence-corrected chi connectivity index (χ1v) is 14.6. The molecule has 5 aromatic rings. The van der Waals surface area contributed by atoms with Crippen LogP contribution in [-0.2, 0) is 11.3 Å². The van der Waals surface area contributed by atoms with Crippen molar-refractivity contribution in [3.63, 3.8) is 0 Å². The molecule has 5 rings (SSSR count). The molecule has 0 saturated carbocycles. The van der Waals surface area contributed by atoms with Crippen molar-refractivity contribution < 1.29 is 19.4 Å². The van der Waals surface area contributed by atoms with E-state index in [4.69, 9.17) is 32.9 Å². The van der Waals surface area contributed by atoms with Gasteiger partial charge in [0.2, 0.25) is 0 Å². The van der Waals surface area contributed by atoms with Crippen molar-refractivity contribution in [1.82, 2.24) is 9.55 Å². The summed E-state index contributed by atoms with van der Waals surface area (Å²) in [6, 6.07) is 27.7. The van der Waals surface area contributed by atoms with Gasteiger partial charge in [-0.3, -0.25) is 5.32 Å². The summed E-state index contributed by atoms with van der Waals surface area (Å²) in [6.45, 7) is 4.08. The fraction of sp³-hybridized carbons (Fsp3) is 0.114. The lowest BCUT2D eigenvalue weighted by Crippen LogP contribution is -2.17. The monoisotopic (exact) mass is 625 g/mol. The standard InChI is InChI=1S/C35H29Cl2N3O4/c1-22(2)44-35(43)38-29-15-12-26(13-16-29)25-8-3-23(4-9-25)7-18-33-39-32(30-17-14-28(36)19-31(30)37)21-40(33)20-24-5-10-27(11-6-24)34(41)42/h3-19,21-22H,20H2,1-2H3,(H,38,43)(H,41,42)/b18-7+. The van der Waals surface area contributed by atoms with E-state index in [1.807, 2.05) is 77.5 Å². The van der Waals surface area contributed by atoms with Crippen molar-refractivity contribution in [2.45, 2.75) is 26.5 Å². The van der Waals surface area contributed by atoms with Gasteiger partial charge < -0.3 is 14.4 Å². The Balaban J connectivity index is 1.36. The van der Waals surface area contributed by atoms with Crippen LogP contribution in [0.1, 0.15) is 41.2 Å². The zero-order valence-electron chi connectivity index (χ0n) is 24.0. The number of aromatic nitrogens is 2. The minimum Gasteiger partial charge on any atom is -0.478 e. The van der Waals surface area contributed by atoms with Crippen LogP contribution in [0.3, 0.4) is 0 Å². The van der Waals surface area contributed by atoms with E-state index in [-0.39, 0.29) is 11.7 Å². The molecule has 222 valence electrons. The second-order valence-electron chi connectivity index (χ2n) is 10.4. The molecule has 0 aliphatic rings. The Labute approximate surface area is 265 Å². The van der Waals surface area contributed by atoms with Crippen molar-refractivity contribution in [2.75, 3.05) is 5.32 Å². The van der Waals surface area contributed by atoms with Crippen LogP contribution in [0, 0.1) is 0 Å². The van der Waals surface area contributed by atoms with Gasteiger partial charge in [0.25, 0.3) is 0 Å². The molecular weight excluding hydrogens is 597 g/mol. The van der Waals surface area contributed by atoms with E-state index in [1.54, 1.807) is 50.2 Å². The largest absolute Gasteiger partial charge is 0.478 e. The van der Waals surface area contributed by atoms with Gasteiger partial charge in [-0.05, 0) is 84.6 Å². The second kappa shape index (κ2) is 13.6. The van der Waals surface area contributed by atoms with Gasteiger partial charge in [-0.1, -0.05) is 77.8 Å². The van der Waals surface area contributed by atoms with Gasteiger partial charge in [0, 0.05) is 29.0 Å². The summed E-state index contributed by atoms with van der Waals surface area (Å²) >= 11 is 12.6. The van der Waals surface area contributed by atoms with Gasteiger partial charge in [0.1, 0.15) is 5.82 Å². The molecule has 0 bridgehead atoms. The van der Waals surface area contributed by atoms with Crippen molar-refractivity contribution >= 4 is 53.1 Å². The number of aromatic carboxylic acids is 1. The number of carbonyl (C=O) groups is 2. The maximum absolute atomic E-state index is 11.9. The van der Waals surface area contributed by atoms with Gasteiger partial charge in [-0.15, -0.1) is 0 Å². The van der Waals surface area contributed by atoms with E-state index in [1.165, 1.54) is 0 Å². The van der Waals surface area contributed by atoms with Gasteiger partial charge in [0.15, 0.2) is 0 Å². The van der Waals surface area contributed by atoms with E-state index in [2.05, 4.69) is 5.32 Å². The fourth-order valence-electron chi connectivity index (χ4n) is 4.53. The number of carboxylic acid groups (broad SMARTS) is 1. The molecule has 44 heavy (non-hydrogen) atoms. The SMILES string of the molecule is CC(C)OC(=O)Nc1ccc(-c2ccc(/C=C/c3nc(-c4ccc(Cl)cc4Cl)cn3Cc3ccc(C(=O)O)cc3)cc2)cc1. The number of benzene rings is 4. The number of carbonyl (C=O) groups excluding carboxylic acids is 1. The number of imidazole rings is 1. The molecule has 0 atom stereocenters. The maximum atomic E-state index is 11.9. The van der Waals surface area contributed by atoms with Crippen LogP contribution in [0.4, 0.5) is 10.5 Å². The number of hydrogen-bond acceptors (Lipinski definition) is 4. The van der Waals surface area contributed by atoms with E-state index in [0.29, 0.717) is 33.8 Å². The molecule has 1 aromatic heterocycles. The first kappa shape index (κ1) is 30.6. The molecule has 1 heterocycles. The van der Waals surface area contributed by atoms with E-state index in [0.717, 1.165) is 27.8 Å². The predicted octanol–water partition coefficient (Wildman–Crippen LogP) is 9.40. The molecule has 0 aliphatic heterocycles. The lowest BCUT2D eigenvalue weighted by atomic mass is 10.0. The minimum absolute atomic E-state index is 0.191. The van der Waals surface area contributed by atoms with Crippen LogP contribution >= 0.6 is 23.2 Å². The lowest BCUT2D eigenvalue weighted by Gasteiger charge is -2.10. The van der Waals surface area contributed by atoms with Gasteiger partial charge >= 0.3 is 12.1 Å². The number of halogens is 2. The molecule has 0 saturated heterocycles. The normalized spacial score (nSPS) is 11.2. The third-order valence-corrected chi connectivity index (χ3v) is 7.26. The molecule has 0 radical (unpaired) electrons. The molecule has 1 amide bonds. The fourth-order valence-corrected chi connectivity index (χ4v) is 5.04. The van der Waals surface area contributed by atoms with Crippen LogP contribution < -0.4 is 5.32 Å². The second-order valence-corrected chi connectivity index (χ2v) is 11.2. The zero-order valence-corrected chi connectivity index (χ0v) is 25.5. The molecular formula is C35H29Cl2N3O4. The molecule has 9 heteroatoms. The number of carboxylic acids is 1. The molecule has 0 spiro atoms. The predicted molar refractivity (Wildman–Crippen MR) is 176 cm³/mol. The van der Waals surface area contributed by atoms with Crippen LogP contribution in [-0.4, -0.2) is 32.8 Å². The highest BCUT2D eigenvalue weighted by atomic mass is 35.5. The first-order chi connectivity index (χ1) is 21.1. The highest BCUT2D eigenvalue weighted by molar-refractivity contribution is 6.36. The number of anilines is 1. The third kappa shape index (κ3) is 7.75. The van der Waals surface area contributed by atoms with E-state index >= 15 is 0 Å². The number of nitrogens with one attached hydrogen (secondary N) is 1. The Hall–Kier alpha value is -4.85. The average molecular weight is 627 g/mol. The third-order valence-electron chi connectivity index (χ3n) is 6.71. The van der Waals surface area contributed by atoms with Crippen molar-refractivity contribution in [1.29, 1.82) is 0 Å². The molecule has 2 N–H and O–H groups in total. The highest BCUT2D eigenvalue weighted by Crippen LogP contribution is 2.31. The smallest absolute Gasteiger partial charge is 0.411 e. The highest BCUT2D eigenvalue weighted by Gasteiger charge is 2.13. The van der Waals surface area contributed by atoms with Crippen molar-refractivity contribution in [3.8, 4) is 22.4 Å². The summed E-state index contributed by atoms with van der Waals surface area (Å²) in [5.41, 5.74) is 6.30. The topological polar surface area (TPSA) is 93.5 Å². The quantitative estimate of drug-likeness (QED) is 0.170. The Kier molecular flexibility index (Phi) is 9.48. The zero-order chi connectivity index (χ0) is 31.2. The number of ether oxygens (including phenoxy) is 1. The van der Waals surface area contributed by atoms with E-state index < -0.39 is 12.1 Å². The molecule has 7 nitrogen and oxygen atoms in total. The average Bonchev–Trinajstić information content (AvgIpc) is 3.38. The summed E-state index contributed by atoms with van der Waals surface area (Å²) in [5.74, 6) is -0.261. The summed E-state index contributed by atoms with van der Waals surface area (Å²) in [4.78, 5) is 28.0. The van der Waals surface area contributed by atoms with Crippen LogP contribution in [0.2, 0.25) is 10.0 Å². The van der Waals surface area contributed by atoms with Crippen molar-refractivity contribution in [2.24, 2.45) is 0 Å². The van der Waals surface area contributed by atoms with Gasteiger partial charge in [0.05, 0.1) is 22.4 Å². The Morgan fingerprint density at radius 3 is 2.18 bits per heavy atom. The molecule has 0 unspecified atom stereocenters. The van der Waals surface area contributed by atoms with Crippen molar-refractivity contribution in [3.05, 3.63) is 130 Å². The maximum Gasteiger partial charge on any atom is 0.411 e. The Morgan fingerprint density at radius 1 is 0.909 bits per heavy atom. The lowest BCUT2D eigenvalue weighted by molar-refractivity contribution is 0.0696. The van der Waals surface area contributed by atoms with Crippen LogP contribution in [0.5, 0.6) is 0 Å². The van der Waals surface area contributed by atoms with Gasteiger partial charge in [-0.25, -0.2) is 14.6 Å². The summed E-state index contributed by atoms with van der Waals surface area (Å²) in [7, 11) is 0. The van der Waals surface area contributed by atoms with Crippen LogP contribution in [0.25, 0.3) is 34.5 Å². The number of hydrogen-bond donors (Lipinski definition) is 2. The molecule has 4 aromatic carbocycles. The van der Waals surface area contributed by atoms with Gasteiger partial charge in [-0.2, -0.15) is 0 Å². The minimum atomic E-state index is -0.966. The number of rotatable bonds is 9. The Morgan fingerprint density at radius 2 is 1.57 bits per heavy atom. The summed E-state index contributed by atoms with van der Waals surface area (Å²) in [6.07, 6.45) is 5.17. The Bertz CT molecular complexity index is 1810. The van der Waals surface area contributed by atoms with Crippen LogP contribution in [0.15, 0.2) is 97.2 Å².